The summed E-state index contributed by atoms with van der Waals surface area (Å²) in [5.41, 5.74) is 1.88. The van der Waals surface area contributed by atoms with Crippen LogP contribution in [0.2, 0.25) is 0 Å². The highest BCUT2D eigenvalue weighted by Crippen LogP contribution is 2.56. The van der Waals surface area contributed by atoms with Gasteiger partial charge in [0.2, 0.25) is 0 Å². The van der Waals surface area contributed by atoms with Crippen molar-refractivity contribution in [2.45, 2.75) is 38.6 Å². The number of aromatic amines is 1. The van der Waals surface area contributed by atoms with Crippen LogP contribution < -0.4 is 5.32 Å². The molecule has 0 aromatic carbocycles. The van der Waals surface area contributed by atoms with Gasteiger partial charge in [0.25, 0.3) is 0 Å². The fraction of sp³-hybridized carbons (Fsp3) is 0.750. The van der Waals surface area contributed by atoms with Crippen LogP contribution in [0, 0.1) is 11.3 Å². The Hall–Kier alpha value is -0.830. The maximum absolute atomic E-state index is 3.95. The molecule has 1 heterocycles. The standard InChI is InChI=1S/C12H19N3/c1-5-12(6-1,10-2-3-10)9-13-8-11-4-7-14-15-11/h4,7,10,13H,1-3,5-6,8-9H2,(H,14,15). The molecule has 82 valence electrons. The molecular weight excluding hydrogens is 186 g/mol. The Labute approximate surface area is 90.7 Å². The van der Waals surface area contributed by atoms with Crippen LogP contribution in [0.5, 0.6) is 0 Å². The van der Waals surface area contributed by atoms with Gasteiger partial charge in [0, 0.05) is 25.0 Å². The van der Waals surface area contributed by atoms with E-state index in [0.717, 1.165) is 12.5 Å². The quantitative estimate of drug-likeness (QED) is 0.772. The highest BCUT2D eigenvalue weighted by molar-refractivity contribution is 5.02. The summed E-state index contributed by atoms with van der Waals surface area (Å²) in [5.74, 6) is 1.04. The summed E-state index contributed by atoms with van der Waals surface area (Å²) >= 11 is 0. The van der Waals surface area contributed by atoms with Crippen molar-refractivity contribution >= 4 is 0 Å². The number of hydrogen-bond acceptors (Lipinski definition) is 2. The van der Waals surface area contributed by atoms with Crippen LogP contribution >= 0.6 is 0 Å². The van der Waals surface area contributed by atoms with E-state index in [2.05, 4.69) is 15.5 Å². The summed E-state index contributed by atoms with van der Waals surface area (Å²) in [5, 5.41) is 10.5. The molecule has 2 N–H and O–H groups in total. The Balaban J connectivity index is 1.48. The molecule has 0 radical (unpaired) electrons. The molecule has 3 nitrogen and oxygen atoms in total. The van der Waals surface area contributed by atoms with Crippen LogP contribution in [0.3, 0.4) is 0 Å². The number of aromatic nitrogens is 2. The summed E-state index contributed by atoms with van der Waals surface area (Å²) < 4.78 is 0. The van der Waals surface area contributed by atoms with Gasteiger partial charge in [0.05, 0.1) is 0 Å². The fourth-order valence-corrected chi connectivity index (χ4v) is 2.89. The maximum atomic E-state index is 3.95. The van der Waals surface area contributed by atoms with Crippen molar-refractivity contribution in [3.05, 3.63) is 18.0 Å². The zero-order valence-corrected chi connectivity index (χ0v) is 9.13. The fourth-order valence-electron chi connectivity index (χ4n) is 2.89. The lowest BCUT2D eigenvalue weighted by molar-refractivity contribution is 0.0985. The zero-order chi connectivity index (χ0) is 10.1. The monoisotopic (exact) mass is 205 g/mol. The second-order valence-corrected chi connectivity index (χ2v) is 5.18. The smallest absolute Gasteiger partial charge is 0.0490 e. The molecule has 3 rings (SSSR count). The van der Waals surface area contributed by atoms with Crippen molar-refractivity contribution in [3.8, 4) is 0 Å². The Morgan fingerprint density at radius 2 is 2.33 bits per heavy atom. The molecule has 15 heavy (non-hydrogen) atoms. The molecule has 0 aliphatic heterocycles. The Bertz CT molecular complexity index is 310. The van der Waals surface area contributed by atoms with Crippen LogP contribution in [0.4, 0.5) is 0 Å². The van der Waals surface area contributed by atoms with Gasteiger partial charge in [-0.25, -0.2) is 0 Å². The largest absolute Gasteiger partial charge is 0.311 e. The minimum absolute atomic E-state index is 0.681. The number of H-pyrrole nitrogens is 1. The first-order valence-corrected chi connectivity index (χ1v) is 6.08. The van der Waals surface area contributed by atoms with Gasteiger partial charge >= 0.3 is 0 Å². The minimum atomic E-state index is 0.681. The summed E-state index contributed by atoms with van der Waals surface area (Å²) in [6, 6.07) is 2.04. The van der Waals surface area contributed by atoms with Gasteiger partial charge in [-0.3, -0.25) is 5.10 Å². The lowest BCUT2D eigenvalue weighted by atomic mass is 9.65. The van der Waals surface area contributed by atoms with Gasteiger partial charge in [-0.05, 0) is 43.1 Å². The first-order chi connectivity index (χ1) is 7.39. The molecule has 2 aliphatic rings. The number of nitrogens with zero attached hydrogens (tertiary/aromatic N) is 1. The van der Waals surface area contributed by atoms with E-state index < -0.39 is 0 Å². The van der Waals surface area contributed by atoms with Gasteiger partial charge in [-0.1, -0.05) is 6.42 Å². The van der Waals surface area contributed by atoms with E-state index in [9.17, 15) is 0 Å². The minimum Gasteiger partial charge on any atom is -0.311 e. The number of hydrogen-bond donors (Lipinski definition) is 2. The van der Waals surface area contributed by atoms with E-state index in [1.807, 2.05) is 12.3 Å². The molecule has 2 fully saturated rings. The topological polar surface area (TPSA) is 40.7 Å². The molecule has 0 unspecified atom stereocenters. The molecule has 0 saturated heterocycles. The molecule has 1 aromatic rings. The zero-order valence-electron chi connectivity index (χ0n) is 9.13. The first kappa shape index (κ1) is 9.40. The van der Waals surface area contributed by atoms with Crippen molar-refractivity contribution in [3.63, 3.8) is 0 Å². The van der Waals surface area contributed by atoms with E-state index in [-0.39, 0.29) is 0 Å². The number of nitrogens with one attached hydrogen (secondary N) is 2. The summed E-state index contributed by atoms with van der Waals surface area (Å²) in [4.78, 5) is 0. The summed E-state index contributed by atoms with van der Waals surface area (Å²) in [6.07, 6.45) is 9.12. The van der Waals surface area contributed by atoms with Gasteiger partial charge in [-0.2, -0.15) is 5.10 Å². The molecule has 2 aliphatic carbocycles. The Morgan fingerprint density at radius 3 is 2.87 bits per heavy atom. The molecular formula is C12H19N3. The maximum Gasteiger partial charge on any atom is 0.0490 e. The van der Waals surface area contributed by atoms with Gasteiger partial charge in [0.15, 0.2) is 0 Å². The highest BCUT2D eigenvalue weighted by atomic mass is 15.1. The third-order valence-corrected chi connectivity index (χ3v) is 4.14. The molecule has 0 atom stereocenters. The summed E-state index contributed by atoms with van der Waals surface area (Å²) in [6.45, 7) is 2.14. The van der Waals surface area contributed by atoms with Crippen LogP contribution in [0.1, 0.15) is 37.8 Å². The molecule has 0 bridgehead atoms. The molecule has 2 saturated carbocycles. The predicted octanol–water partition coefficient (Wildman–Crippen LogP) is 2.08. The average molecular weight is 205 g/mol. The highest BCUT2D eigenvalue weighted by Gasteiger charge is 2.48. The second kappa shape index (κ2) is 3.63. The Morgan fingerprint density at radius 1 is 1.47 bits per heavy atom. The predicted molar refractivity (Wildman–Crippen MR) is 59.3 cm³/mol. The van der Waals surface area contributed by atoms with Gasteiger partial charge < -0.3 is 5.32 Å². The number of rotatable bonds is 5. The first-order valence-electron chi connectivity index (χ1n) is 6.08. The summed E-state index contributed by atoms with van der Waals surface area (Å²) in [7, 11) is 0. The Kier molecular flexibility index (Phi) is 2.28. The second-order valence-electron chi connectivity index (χ2n) is 5.18. The molecule has 1 aromatic heterocycles. The third kappa shape index (κ3) is 1.81. The molecule has 0 spiro atoms. The SMILES string of the molecule is c1cc(CNCC2(C3CC3)CCC2)[nH]n1. The average Bonchev–Trinajstić information content (AvgIpc) is 2.89. The van der Waals surface area contributed by atoms with Gasteiger partial charge in [0.1, 0.15) is 0 Å². The van der Waals surface area contributed by atoms with Crippen LogP contribution in [-0.2, 0) is 6.54 Å². The van der Waals surface area contributed by atoms with Crippen molar-refractivity contribution in [1.82, 2.24) is 15.5 Å². The lowest BCUT2D eigenvalue weighted by Crippen LogP contribution is -2.41. The van der Waals surface area contributed by atoms with Gasteiger partial charge in [-0.15, -0.1) is 0 Å². The van der Waals surface area contributed by atoms with E-state index in [4.69, 9.17) is 0 Å². The van der Waals surface area contributed by atoms with Crippen molar-refractivity contribution in [2.24, 2.45) is 11.3 Å². The van der Waals surface area contributed by atoms with Crippen LogP contribution in [0.15, 0.2) is 12.3 Å². The molecule has 3 heteroatoms. The van der Waals surface area contributed by atoms with Crippen molar-refractivity contribution in [2.75, 3.05) is 6.54 Å². The van der Waals surface area contributed by atoms with E-state index in [1.165, 1.54) is 44.3 Å². The van der Waals surface area contributed by atoms with Crippen LogP contribution in [-0.4, -0.2) is 16.7 Å². The van der Waals surface area contributed by atoms with E-state index in [0.29, 0.717) is 5.41 Å². The van der Waals surface area contributed by atoms with E-state index >= 15 is 0 Å². The van der Waals surface area contributed by atoms with Crippen molar-refractivity contribution in [1.29, 1.82) is 0 Å². The van der Waals surface area contributed by atoms with Crippen LogP contribution in [0.25, 0.3) is 0 Å². The lowest BCUT2D eigenvalue weighted by Gasteiger charge is -2.42. The normalized spacial score (nSPS) is 23.7. The van der Waals surface area contributed by atoms with Crippen molar-refractivity contribution < 1.29 is 0 Å². The molecule has 0 amide bonds. The third-order valence-electron chi connectivity index (χ3n) is 4.14. The van der Waals surface area contributed by atoms with E-state index in [1.54, 1.807) is 0 Å².